The van der Waals surface area contributed by atoms with Crippen LogP contribution in [-0.2, 0) is 20.0 Å². The zero-order chi connectivity index (χ0) is 17.7. The molecule has 0 saturated carbocycles. The fraction of sp³-hybridized carbons (Fsp3) is 0.133. The number of ketones is 1. The molecule has 0 atom stereocenters. The molecule has 24 heavy (non-hydrogen) atoms. The van der Waals surface area contributed by atoms with E-state index in [1.165, 1.54) is 12.1 Å². The number of sulfonamides is 2. The van der Waals surface area contributed by atoms with Crippen molar-refractivity contribution in [3.63, 3.8) is 0 Å². The van der Waals surface area contributed by atoms with E-state index >= 15 is 0 Å². The molecule has 2 aromatic carbocycles. The van der Waals surface area contributed by atoms with E-state index in [9.17, 15) is 21.6 Å². The summed E-state index contributed by atoms with van der Waals surface area (Å²) in [7, 11) is -6.89. The van der Waals surface area contributed by atoms with Crippen LogP contribution in [-0.4, -0.2) is 35.1 Å². The molecule has 0 spiro atoms. The monoisotopic (exact) mass is 366 g/mol. The van der Waals surface area contributed by atoms with Crippen LogP contribution in [0.25, 0.3) is 11.1 Å². The largest absolute Gasteiger partial charge is 0.289 e. The van der Waals surface area contributed by atoms with Crippen molar-refractivity contribution < 1.29 is 21.6 Å². The second kappa shape index (κ2) is 5.32. The maximum Gasteiger partial charge on any atom is 0.229 e. The number of anilines is 2. The van der Waals surface area contributed by atoms with E-state index < -0.39 is 20.0 Å². The molecule has 1 aliphatic rings. The Labute approximate surface area is 139 Å². The molecule has 0 fully saturated rings. The van der Waals surface area contributed by atoms with E-state index in [0.29, 0.717) is 33.6 Å². The number of hydrogen-bond donors (Lipinski definition) is 2. The van der Waals surface area contributed by atoms with Crippen molar-refractivity contribution >= 4 is 37.2 Å². The van der Waals surface area contributed by atoms with Gasteiger partial charge in [0.05, 0.1) is 12.5 Å². The van der Waals surface area contributed by atoms with Crippen molar-refractivity contribution in [1.82, 2.24) is 0 Å². The molecule has 0 aromatic heterocycles. The summed E-state index contributed by atoms with van der Waals surface area (Å²) in [5, 5.41) is 0. The number of fused-ring (bicyclic) bond motifs is 3. The maximum absolute atomic E-state index is 12.6. The Morgan fingerprint density at radius 3 is 1.38 bits per heavy atom. The minimum absolute atomic E-state index is 0.283. The van der Waals surface area contributed by atoms with Gasteiger partial charge >= 0.3 is 0 Å². The van der Waals surface area contributed by atoms with Gasteiger partial charge in [0, 0.05) is 22.5 Å². The van der Waals surface area contributed by atoms with Crippen LogP contribution in [0.2, 0.25) is 0 Å². The van der Waals surface area contributed by atoms with Crippen LogP contribution in [0.15, 0.2) is 36.4 Å². The lowest BCUT2D eigenvalue weighted by Gasteiger charge is -2.06. The third-order valence-electron chi connectivity index (χ3n) is 3.43. The van der Waals surface area contributed by atoms with Crippen LogP contribution in [0.5, 0.6) is 0 Å². The molecule has 0 amide bonds. The molecule has 2 aromatic rings. The highest BCUT2D eigenvalue weighted by Crippen LogP contribution is 2.39. The molecule has 126 valence electrons. The van der Waals surface area contributed by atoms with Crippen molar-refractivity contribution in [3.05, 3.63) is 47.5 Å². The highest BCUT2D eigenvalue weighted by Gasteiger charge is 2.27. The van der Waals surface area contributed by atoms with Crippen LogP contribution in [0.3, 0.4) is 0 Å². The minimum Gasteiger partial charge on any atom is -0.289 e. The third-order valence-corrected chi connectivity index (χ3v) is 4.64. The zero-order valence-corrected chi connectivity index (χ0v) is 14.5. The lowest BCUT2D eigenvalue weighted by molar-refractivity contribution is 0.104. The molecular weight excluding hydrogens is 352 g/mol. The van der Waals surface area contributed by atoms with Crippen LogP contribution in [0, 0.1) is 0 Å². The van der Waals surface area contributed by atoms with Crippen LogP contribution >= 0.6 is 0 Å². The number of hydrogen-bond acceptors (Lipinski definition) is 5. The van der Waals surface area contributed by atoms with Crippen LogP contribution < -0.4 is 9.44 Å². The first-order valence-electron chi connectivity index (χ1n) is 6.82. The molecule has 9 heteroatoms. The number of benzene rings is 2. The van der Waals surface area contributed by atoms with Gasteiger partial charge in [-0.15, -0.1) is 0 Å². The molecule has 0 bridgehead atoms. The molecule has 0 saturated heterocycles. The Morgan fingerprint density at radius 2 is 1.04 bits per heavy atom. The van der Waals surface area contributed by atoms with E-state index in [-0.39, 0.29) is 5.78 Å². The molecule has 2 N–H and O–H groups in total. The highest BCUT2D eigenvalue weighted by molar-refractivity contribution is 7.92. The second-order valence-electron chi connectivity index (χ2n) is 5.60. The van der Waals surface area contributed by atoms with Crippen LogP contribution in [0.1, 0.15) is 15.9 Å². The standard InChI is InChI=1S/C15H14N2O5S2/c1-23(19,20)16-9-3-5-11-12-6-4-10(17-24(2,21)22)8-14(12)15(18)13(11)7-9/h3-8,16-17H,1-2H3. The van der Waals surface area contributed by atoms with Gasteiger partial charge < -0.3 is 0 Å². The summed E-state index contributed by atoms with van der Waals surface area (Å²) < 4.78 is 49.9. The molecular formula is C15H14N2O5S2. The Hall–Kier alpha value is -2.39. The van der Waals surface area contributed by atoms with Gasteiger partial charge in [-0.3, -0.25) is 14.2 Å². The van der Waals surface area contributed by atoms with Crippen molar-refractivity contribution in [2.24, 2.45) is 0 Å². The summed E-state index contributed by atoms with van der Waals surface area (Å²) in [6.45, 7) is 0. The molecule has 7 nitrogen and oxygen atoms in total. The highest BCUT2D eigenvalue weighted by atomic mass is 32.2. The molecule has 0 aliphatic heterocycles. The summed E-state index contributed by atoms with van der Waals surface area (Å²) in [5.74, 6) is -0.283. The van der Waals surface area contributed by atoms with Crippen LogP contribution in [0.4, 0.5) is 11.4 Å². The van der Waals surface area contributed by atoms with E-state index in [1.54, 1.807) is 24.3 Å². The van der Waals surface area contributed by atoms with Gasteiger partial charge in [0.1, 0.15) is 0 Å². The first-order valence-corrected chi connectivity index (χ1v) is 10.6. The molecule has 1 aliphatic carbocycles. The summed E-state index contributed by atoms with van der Waals surface area (Å²) >= 11 is 0. The zero-order valence-electron chi connectivity index (χ0n) is 12.8. The SMILES string of the molecule is CS(=O)(=O)Nc1ccc2c(c1)C(=O)c1cc(NS(C)(=O)=O)ccc1-2. The van der Waals surface area contributed by atoms with Gasteiger partial charge in [0.15, 0.2) is 5.78 Å². The lowest BCUT2D eigenvalue weighted by atomic mass is 10.1. The van der Waals surface area contributed by atoms with Gasteiger partial charge in [-0.1, -0.05) is 12.1 Å². The van der Waals surface area contributed by atoms with E-state index in [2.05, 4.69) is 9.44 Å². The topological polar surface area (TPSA) is 109 Å². The Balaban J connectivity index is 2.04. The maximum atomic E-state index is 12.6. The molecule has 0 radical (unpaired) electrons. The fourth-order valence-electron chi connectivity index (χ4n) is 2.63. The number of carbonyl (C=O) groups excluding carboxylic acids is 1. The van der Waals surface area contributed by atoms with Gasteiger partial charge in [-0.05, 0) is 35.4 Å². The summed E-state index contributed by atoms with van der Waals surface area (Å²) in [4.78, 5) is 12.6. The van der Waals surface area contributed by atoms with Crippen molar-refractivity contribution in [1.29, 1.82) is 0 Å². The van der Waals surface area contributed by atoms with E-state index in [4.69, 9.17) is 0 Å². The number of rotatable bonds is 4. The first-order chi connectivity index (χ1) is 11.0. The average Bonchev–Trinajstić information content (AvgIpc) is 2.68. The Kier molecular flexibility index (Phi) is 3.65. The Bertz CT molecular complexity index is 988. The molecule has 0 heterocycles. The second-order valence-corrected chi connectivity index (χ2v) is 9.10. The Morgan fingerprint density at radius 1 is 0.667 bits per heavy atom. The first kappa shape index (κ1) is 16.5. The third kappa shape index (κ3) is 3.26. The van der Waals surface area contributed by atoms with E-state index in [1.807, 2.05) is 0 Å². The summed E-state index contributed by atoms with van der Waals surface area (Å²) in [5.41, 5.74) is 2.70. The number of nitrogens with one attached hydrogen (secondary N) is 2. The fourth-order valence-corrected chi connectivity index (χ4v) is 3.74. The quantitative estimate of drug-likeness (QED) is 0.729. The summed E-state index contributed by atoms with van der Waals surface area (Å²) in [6.07, 6.45) is 2.06. The van der Waals surface area contributed by atoms with Crippen molar-refractivity contribution in [3.8, 4) is 11.1 Å². The average molecular weight is 366 g/mol. The molecule has 3 rings (SSSR count). The normalized spacial score (nSPS) is 13.3. The van der Waals surface area contributed by atoms with E-state index in [0.717, 1.165) is 12.5 Å². The van der Waals surface area contributed by atoms with Gasteiger partial charge in [0.2, 0.25) is 20.0 Å². The number of carbonyl (C=O) groups is 1. The van der Waals surface area contributed by atoms with Crippen molar-refractivity contribution in [2.75, 3.05) is 22.0 Å². The van der Waals surface area contributed by atoms with Gasteiger partial charge in [0.25, 0.3) is 0 Å². The molecule has 0 unspecified atom stereocenters. The van der Waals surface area contributed by atoms with Gasteiger partial charge in [-0.2, -0.15) is 0 Å². The predicted molar refractivity (Wildman–Crippen MR) is 92.2 cm³/mol. The summed E-state index contributed by atoms with van der Waals surface area (Å²) in [6, 6.07) is 9.42. The smallest absolute Gasteiger partial charge is 0.229 e. The van der Waals surface area contributed by atoms with Crippen molar-refractivity contribution in [2.45, 2.75) is 0 Å². The van der Waals surface area contributed by atoms with Gasteiger partial charge in [-0.25, -0.2) is 16.8 Å². The predicted octanol–water partition coefficient (Wildman–Crippen LogP) is 1.64. The lowest BCUT2D eigenvalue weighted by Crippen LogP contribution is -2.10. The minimum atomic E-state index is -3.44.